The second-order valence-electron chi connectivity index (χ2n) is 7.43. The Bertz CT molecular complexity index is 1030. The molecular weight excluding hydrogens is 373 g/mol. The Kier molecular flexibility index (Phi) is 5.49. The number of benzene rings is 1. The van der Waals surface area contributed by atoms with Crippen LogP contribution in [0, 0.1) is 5.82 Å². The lowest BCUT2D eigenvalue weighted by Gasteiger charge is -2.28. The lowest BCUT2D eigenvalue weighted by molar-refractivity contribution is 0.0718. The van der Waals surface area contributed by atoms with Crippen LogP contribution in [0.1, 0.15) is 41.6 Å². The Morgan fingerprint density at radius 1 is 1.34 bits per heavy atom. The van der Waals surface area contributed by atoms with Crippen LogP contribution in [0.15, 0.2) is 42.7 Å². The van der Waals surface area contributed by atoms with E-state index in [0.717, 1.165) is 24.8 Å². The standard InChI is InChI=1S/C22H24FN3O3/c1-29-15-9-8-14(17(23)11-15)12-26-13-16(21-19(26)6-4-10-24-21)22(28)25-18-5-2-3-7-20(18)27/h4,6,8-11,13,18,20,27H,2-3,5,7,12H2,1H3,(H,25,28)/t18-,20?/m0/s1. The minimum Gasteiger partial charge on any atom is -0.497 e. The number of aliphatic hydroxyl groups excluding tert-OH is 1. The lowest BCUT2D eigenvalue weighted by Crippen LogP contribution is -2.45. The molecule has 2 atom stereocenters. The summed E-state index contributed by atoms with van der Waals surface area (Å²) in [7, 11) is 1.49. The summed E-state index contributed by atoms with van der Waals surface area (Å²) in [6.45, 7) is 0.261. The van der Waals surface area contributed by atoms with Crippen LogP contribution in [0.4, 0.5) is 4.39 Å². The number of methoxy groups -OCH3 is 1. The van der Waals surface area contributed by atoms with E-state index in [0.29, 0.717) is 28.8 Å². The van der Waals surface area contributed by atoms with E-state index in [9.17, 15) is 14.3 Å². The number of ether oxygens (including phenoxy) is 1. The second kappa shape index (κ2) is 8.21. The van der Waals surface area contributed by atoms with E-state index in [2.05, 4.69) is 10.3 Å². The molecule has 29 heavy (non-hydrogen) atoms. The van der Waals surface area contributed by atoms with Gasteiger partial charge in [-0.3, -0.25) is 9.78 Å². The first-order valence-corrected chi connectivity index (χ1v) is 9.82. The number of carbonyl (C=O) groups excluding carboxylic acids is 1. The number of nitrogens with zero attached hydrogens (tertiary/aromatic N) is 2. The number of aromatic nitrogens is 2. The molecule has 4 rings (SSSR count). The van der Waals surface area contributed by atoms with Crippen LogP contribution in [-0.2, 0) is 6.54 Å². The third kappa shape index (κ3) is 3.96. The molecule has 1 unspecified atom stereocenters. The summed E-state index contributed by atoms with van der Waals surface area (Å²) in [5.74, 6) is -0.184. The number of amides is 1. The van der Waals surface area contributed by atoms with Gasteiger partial charge in [0.25, 0.3) is 5.91 Å². The van der Waals surface area contributed by atoms with E-state index in [1.54, 1.807) is 30.6 Å². The van der Waals surface area contributed by atoms with Crippen molar-refractivity contribution in [2.24, 2.45) is 0 Å². The molecule has 2 aromatic heterocycles. The van der Waals surface area contributed by atoms with Gasteiger partial charge < -0.3 is 19.7 Å². The van der Waals surface area contributed by atoms with Gasteiger partial charge in [-0.05, 0) is 31.0 Å². The highest BCUT2D eigenvalue weighted by molar-refractivity contribution is 6.05. The van der Waals surface area contributed by atoms with Crippen molar-refractivity contribution >= 4 is 16.9 Å². The average molecular weight is 397 g/mol. The molecule has 1 aliphatic carbocycles. The Morgan fingerprint density at radius 2 is 2.17 bits per heavy atom. The molecule has 0 spiro atoms. The Hall–Kier alpha value is -2.93. The van der Waals surface area contributed by atoms with Crippen molar-refractivity contribution in [3.05, 3.63) is 59.7 Å². The molecule has 1 fully saturated rings. The molecule has 7 heteroatoms. The van der Waals surface area contributed by atoms with Crippen LogP contribution < -0.4 is 10.1 Å². The van der Waals surface area contributed by atoms with Crippen LogP contribution in [0.2, 0.25) is 0 Å². The maximum Gasteiger partial charge on any atom is 0.255 e. The zero-order chi connectivity index (χ0) is 20.4. The van der Waals surface area contributed by atoms with Crippen molar-refractivity contribution in [3.8, 4) is 5.75 Å². The van der Waals surface area contributed by atoms with Crippen molar-refractivity contribution in [1.29, 1.82) is 0 Å². The molecule has 0 saturated heterocycles. The van der Waals surface area contributed by atoms with E-state index >= 15 is 0 Å². The van der Waals surface area contributed by atoms with Crippen molar-refractivity contribution in [2.75, 3.05) is 7.11 Å². The third-order valence-corrected chi connectivity index (χ3v) is 5.53. The van der Waals surface area contributed by atoms with Gasteiger partial charge in [-0.25, -0.2) is 4.39 Å². The molecule has 0 radical (unpaired) electrons. The van der Waals surface area contributed by atoms with E-state index in [1.807, 2.05) is 10.6 Å². The number of nitrogens with one attached hydrogen (secondary N) is 1. The SMILES string of the molecule is COc1ccc(Cn2cc(C(=O)N[C@H]3CCCCC3O)c3ncccc32)c(F)c1. The molecule has 3 aromatic rings. The Labute approximate surface area is 168 Å². The van der Waals surface area contributed by atoms with Gasteiger partial charge in [-0.2, -0.15) is 0 Å². The summed E-state index contributed by atoms with van der Waals surface area (Å²) in [6, 6.07) is 8.12. The van der Waals surface area contributed by atoms with Crippen molar-refractivity contribution in [2.45, 2.75) is 44.4 Å². The molecule has 0 bridgehead atoms. The molecule has 2 N–H and O–H groups in total. The Morgan fingerprint density at radius 3 is 2.93 bits per heavy atom. The minimum absolute atomic E-state index is 0.252. The Balaban J connectivity index is 1.64. The van der Waals surface area contributed by atoms with Gasteiger partial charge >= 0.3 is 0 Å². The van der Waals surface area contributed by atoms with Crippen molar-refractivity contribution < 1.29 is 19.0 Å². The predicted molar refractivity (Wildman–Crippen MR) is 108 cm³/mol. The van der Waals surface area contributed by atoms with E-state index in [1.165, 1.54) is 13.2 Å². The number of hydrogen-bond acceptors (Lipinski definition) is 4. The van der Waals surface area contributed by atoms with Crippen molar-refractivity contribution in [1.82, 2.24) is 14.9 Å². The van der Waals surface area contributed by atoms with Gasteiger partial charge in [0.2, 0.25) is 0 Å². The van der Waals surface area contributed by atoms with Gasteiger partial charge in [0.1, 0.15) is 17.1 Å². The highest BCUT2D eigenvalue weighted by Crippen LogP contribution is 2.24. The molecule has 2 heterocycles. The molecule has 0 aliphatic heterocycles. The summed E-state index contributed by atoms with van der Waals surface area (Å²) in [4.78, 5) is 17.3. The zero-order valence-electron chi connectivity index (χ0n) is 16.3. The summed E-state index contributed by atoms with van der Waals surface area (Å²) in [5, 5.41) is 13.1. The summed E-state index contributed by atoms with van der Waals surface area (Å²) in [6.07, 6.45) is 6.22. The first-order chi connectivity index (χ1) is 14.1. The fraction of sp³-hybridized carbons (Fsp3) is 0.364. The van der Waals surface area contributed by atoms with Gasteiger partial charge in [0.05, 0.1) is 36.9 Å². The normalized spacial score (nSPS) is 19.3. The van der Waals surface area contributed by atoms with Crippen LogP contribution in [-0.4, -0.2) is 39.8 Å². The molecule has 1 amide bonds. The fourth-order valence-corrected chi connectivity index (χ4v) is 3.91. The number of pyridine rings is 1. The summed E-state index contributed by atoms with van der Waals surface area (Å²) in [5.41, 5.74) is 2.22. The fourth-order valence-electron chi connectivity index (χ4n) is 3.91. The molecular formula is C22H24FN3O3. The quantitative estimate of drug-likeness (QED) is 0.693. The maximum atomic E-state index is 14.4. The number of fused-ring (bicyclic) bond motifs is 1. The zero-order valence-corrected chi connectivity index (χ0v) is 16.3. The molecule has 6 nitrogen and oxygen atoms in total. The van der Waals surface area contributed by atoms with E-state index in [-0.39, 0.29) is 24.3 Å². The number of aliphatic hydroxyl groups is 1. The van der Waals surface area contributed by atoms with Crippen molar-refractivity contribution in [3.63, 3.8) is 0 Å². The minimum atomic E-state index is -0.526. The highest BCUT2D eigenvalue weighted by atomic mass is 19.1. The predicted octanol–water partition coefficient (Wildman–Crippen LogP) is 3.27. The number of hydrogen-bond donors (Lipinski definition) is 2. The van der Waals surface area contributed by atoms with E-state index < -0.39 is 6.10 Å². The van der Waals surface area contributed by atoms with Crippen LogP contribution in [0.3, 0.4) is 0 Å². The first kappa shape index (κ1) is 19.4. The molecule has 1 aromatic carbocycles. The average Bonchev–Trinajstić information content (AvgIpc) is 3.10. The number of rotatable bonds is 5. The lowest BCUT2D eigenvalue weighted by atomic mass is 9.92. The molecule has 1 aliphatic rings. The van der Waals surface area contributed by atoms with Gasteiger partial charge in [0.15, 0.2) is 0 Å². The molecule has 1 saturated carbocycles. The van der Waals surface area contributed by atoms with E-state index in [4.69, 9.17) is 4.74 Å². The largest absolute Gasteiger partial charge is 0.497 e. The van der Waals surface area contributed by atoms with Gasteiger partial charge in [-0.1, -0.05) is 18.9 Å². The van der Waals surface area contributed by atoms with Crippen LogP contribution in [0.5, 0.6) is 5.75 Å². The summed E-state index contributed by atoms with van der Waals surface area (Å²) < 4.78 is 21.3. The first-order valence-electron chi connectivity index (χ1n) is 9.82. The number of carbonyl (C=O) groups is 1. The summed E-state index contributed by atoms with van der Waals surface area (Å²) >= 11 is 0. The van der Waals surface area contributed by atoms with Crippen LogP contribution >= 0.6 is 0 Å². The smallest absolute Gasteiger partial charge is 0.255 e. The number of halogens is 1. The van der Waals surface area contributed by atoms with Crippen LogP contribution in [0.25, 0.3) is 11.0 Å². The topological polar surface area (TPSA) is 76.4 Å². The molecule has 152 valence electrons. The second-order valence-corrected chi connectivity index (χ2v) is 7.43. The third-order valence-electron chi connectivity index (χ3n) is 5.53. The highest BCUT2D eigenvalue weighted by Gasteiger charge is 2.26. The monoisotopic (exact) mass is 397 g/mol. The van der Waals surface area contributed by atoms with Gasteiger partial charge in [-0.15, -0.1) is 0 Å². The maximum absolute atomic E-state index is 14.4. The van der Waals surface area contributed by atoms with Gasteiger partial charge in [0, 0.05) is 24.0 Å².